The monoisotopic (exact) mass is 253 g/mol. The van der Waals surface area contributed by atoms with Gasteiger partial charge in [-0.2, -0.15) is 10.2 Å². The fourth-order valence-electron chi connectivity index (χ4n) is 1.81. The van der Waals surface area contributed by atoms with Crippen LogP contribution in [0.5, 0.6) is 0 Å². The Morgan fingerprint density at radius 1 is 1.56 bits per heavy atom. The van der Waals surface area contributed by atoms with Crippen molar-refractivity contribution in [1.82, 2.24) is 20.1 Å². The maximum atomic E-state index is 5.63. The van der Waals surface area contributed by atoms with Gasteiger partial charge in [-0.15, -0.1) is 0 Å². The number of aryl methyl sites for hydroxylation is 1. The first kappa shape index (κ1) is 14.5. The van der Waals surface area contributed by atoms with Crippen LogP contribution in [0.15, 0.2) is 11.2 Å². The zero-order valence-electron chi connectivity index (χ0n) is 11.3. The summed E-state index contributed by atoms with van der Waals surface area (Å²) in [5, 5.41) is 12.8. The van der Waals surface area contributed by atoms with Gasteiger partial charge in [0.1, 0.15) is 5.69 Å². The van der Waals surface area contributed by atoms with Gasteiger partial charge in [-0.3, -0.25) is 9.69 Å². The van der Waals surface area contributed by atoms with E-state index in [1.165, 1.54) is 5.01 Å². The van der Waals surface area contributed by atoms with E-state index in [4.69, 9.17) is 11.7 Å². The smallest absolute Gasteiger partial charge is 0.189 e. The molecule has 0 atom stereocenters. The number of nitrogens with zero attached hydrogens (tertiary/aromatic N) is 4. The summed E-state index contributed by atoms with van der Waals surface area (Å²) >= 11 is 0. The number of hydrogen-bond donors (Lipinski definition) is 3. The predicted octanol–water partition coefficient (Wildman–Crippen LogP) is -0.172. The highest BCUT2D eigenvalue weighted by Crippen LogP contribution is 2.09. The Morgan fingerprint density at radius 2 is 2.28 bits per heavy atom. The van der Waals surface area contributed by atoms with E-state index < -0.39 is 0 Å². The Balaban J connectivity index is 0.000000771. The third kappa shape index (κ3) is 3.21. The van der Waals surface area contributed by atoms with Crippen molar-refractivity contribution >= 4 is 5.84 Å². The number of hydrogen-bond acceptors (Lipinski definition) is 5. The van der Waals surface area contributed by atoms with Gasteiger partial charge in [0.05, 0.1) is 5.69 Å². The lowest BCUT2D eigenvalue weighted by Gasteiger charge is -2.11. The van der Waals surface area contributed by atoms with Gasteiger partial charge in [-0.05, 0) is 19.0 Å². The summed E-state index contributed by atoms with van der Waals surface area (Å²) in [6.07, 6.45) is 1.07. The summed E-state index contributed by atoms with van der Waals surface area (Å²) in [4.78, 5) is 0. The van der Waals surface area contributed by atoms with Gasteiger partial charge in [-0.25, -0.2) is 5.84 Å². The molecule has 2 heterocycles. The summed E-state index contributed by atoms with van der Waals surface area (Å²) in [7, 11) is 1.69. The topological polar surface area (TPSA) is 97.5 Å². The van der Waals surface area contributed by atoms with Gasteiger partial charge in [0.25, 0.3) is 0 Å². The van der Waals surface area contributed by atoms with Crippen molar-refractivity contribution in [2.45, 2.75) is 33.4 Å². The third-order valence-electron chi connectivity index (χ3n) is 2.58. The van der Waals surface area contributed by atoms with Gasteiger partial charge in [0.2, 0.25) is 0 Å². The average Bonchev–Trinajstić information content (AvgIpc) is 2.63. The number of rotatable bonds is 1. The summed E-state index contributed by atoms with van der Waals surface area (Å²) < 4.78 is 1.98. The Morgan fingerprint density at radius 3 is 2.89 bits per heavy atom. The largest absolute Gasteiger partial charge is 0.321 e. The average molecular weight is 253 g/mol. The van der Waals surface area contributed by atoms with Crippen LogP contribution in [0, 0.1) is 0 Å². The number of fused-ring (bicyclic) bond motifs is 1. The minimum atomic E-state index is 0.487. The van der Waals surface area contributed by atoms with Crippen LogP contribution < -0.4 is 17.0 Å². The Bertz CT molecular complexity index is 371. The van der Waals surface area contributed by atoms with Crippen LogP contribution in [0.25, 0.3) is 0 Å². The molecule has 0 bridgehead atoms. The first-order valence-electron chi connectivity index (χ1n) is 6.26. The molecule has 1 aliphatic rings. The Hall–Kier alpha value is -1.60. The maximum absolute atomic E-state index is 5.63. The lowest BCUT2D eigenvalue weighted by molar-refractivity contribution is 0.531. The molecule has 18 heavy (non-hydrogen) atoms. The van der Waals surface area contributed by atoms with Crippen molar-refractivity contribution in [2.24, 2.45) is 16.8 Å². The maximum Gasteiger partial charge on any atom is 0.189 e. The second-order valence-electron chi connectivity index (χ2n) is 3.84. The van der Waals surface area contributed by atoms with Crippen LogP contribution in [0.2, 0.25) is 0 Å². The summed E-state index contributed by atoms with van der Waals surface area (Å²) in [5.74, 6) is 11.4. The first-order chi connectivity index (χ1) is 8.72. The molecule has 7 nitrogen and oxygen atoms in total. The van der Waals surface area contributed by atoms with Gasteiger partial charge in [0, 0.05) is 20.1 Å². The quantitative estimate of drug-likeness (QED) is 0.279. The van der Waals surface area contributed by atoms with Gasteiger partial charge in [0.15, 0.2) is 5.84 Å². The van der Waals surface area contributed by atoms with Crippen molar-refractivity contribution < 1.29 is 0 Å². The zero-order chi connectivity index (χ0) is 13.5. The molecule has 0 fully saturated rings. The van der Waals surface area contributed by atoms with Crippen LogP contribution in [0.1, 0.15) is 31.7 Å². The molecular weight excluding hydrogens is 230 g/mol. The van der Waals surface area contributed by atoms with E-state index in [2.05, 4.69) is 15.5 Å². The number of hydrazine groups is 1. The Kier molecular flexibility index (Phi) is 5.60. The van der Waals surface area contributed by atoms with Gasteiger partial charge >= 0.3 is 0 Å². The van der Waals surface area contributed by atoms with E-state index in [9.17, 15) is 0 Å². The standard InChI is InChI=1S/C9H17N7.C2H6/c1-15(11)9(13-10)8-5-7-6-12-3-2-4-16(7)14-8;1-2/h5,12H,2-4,6,10-11H2,1H3;1-2H3/b13-9-;. The highest BCUT2D eigenvalue weighted by molar-refractivity contribution is 5.96. The molecule has 0 unspecified atom stereocenters. The second kappa shape index (κ2) is 6.97. The van der Waals surface area contributed by atoms with E-state index in [1.54, 1.807) is 7.05 Å². The number of nitrogens with two attached hydrogens (primary N) is 2. The Labute approximate surface area is 108 Å². The van der Waals surface area contributed by atoms with Crippen LogP contribution in [-0.4, -0.2) is 34.2 Å². The normalized spacial score (nSPS) is 15.2. The molecule has 0 saturated heterocycles. The van der Waals surface area contributed by atoms with Gasteiger partial charge in [-0.1, -0.05) is 13.8 Å². The molecule has 1 aromatic heterocycles. The van der Waals surface area contributed by atoms with E-state index in [-0.39, 0.29) is 0 Å². The summed E-state index contributed by atoms with van der Waals surface area (Å²) in [5.41, 5.74) is 1.85. The number of aromatic nitrogens is 2. The minimum Gasteiger partial charge on any atom is -0.321 e. The summed E-state index contributed by atoms with van der Waals surface area (Å²) in [6.45, 7) is 6.75. The molecule has 0 saturated carbocycles. The molecule has 7 heteroatoms. The highest BCUT2D eigenvalue weighted by Gasteiger charge is 2.15. The predicted molar refractivity (Wildman–Crippen MR) is 72.6 cm³/mol. The SMILES string of the molecule is CC.CN(N)/C(=N\N)c1cc2n(n1)CCCNC2. The van der Waals surface area contributed by atoms with Crippen molar-refractivity contribution in [1.29, 1.82) is 0 Å². The molecule has 0 aliphatic carbocycles. The molecule has 5 N–H and O–H groups in total. The van der Waals surface area contributed by atoms with Crippen LogP contribution in [0.3, 0.4) is 0 Å². The third-order valence-corrected chi connectivity index (χ3v) is 2.58. The lowest BCUT2D eigenvalue weighted by atomic mass is 10.3. The fourth-order valence-corrected chi connectivity index (χ4v) is 1.81. The van der Waals surface area contributed by atoms with Crippen molar-refractivity contribution in [2.75, 3.05) is 13.6 Å². The highest BCUT2D eigenvalue weighted by atomic mass is 15.4. The molecule has 0 radical (unpaired) electrons. The van der Waals surface area contributed by atoms with E-state index in [1.807, 2.05) is 24.6 Å². The molecule has 0 spiro atoms. The molecule has 0 aromatic carbocycles. The molecule has 2 rings (SSSR count). The van der Waals surface area contributed by atoms with Crippen LogP contribution in [0.4, 0.5) is 0 Å². The van der Waals surface area contributed by atoms with Crippen molar-refractivity contribution in [3.8, 4) is 0 Å². The zero-order valence-corrected chi connectivity index (χ0v) is 11.3. The summed E-state index contributed by atoms with van der Waals surface area (Å²) in [6, 6.07) is 1.97. The lowest BCUT2D eigenvalue weighted by Crippen LogP contribution is -2.35. The van der Waals surface area contributed by atoms with E-state index in [0.717, 1.165) is 31.7 Å². The van der Waals surface area contributed by atoms with Gasteiger partial charge < -0.3 is 11.2 Å². The van der Waals surface area contributed by atoms with Crippen molar-refractivity contribution in [3.05, 3.63) is 17.5 Å². The van der Waals surface area contributed by atoms with Crippen molar-refractivity contribution in [3.63, 3.8) is 0 Å². The minimum absolute atomic E-state index is 0.487. The molecule has 1 aliphatic heterocycles. The van der Waals surface area contributed by atoms with E-state index >= 15 is 0 Å². The van der Waals surface area contributed by atoms with E-state index in [0.29, 0.717) is 11.5 Å². The molecular formula is C11H23N7. The van der Waals surface area contributed by atoms with Crippen LogP contribution in [-0.2, 0) is 13.1 Å². The number of amidine groups is 1. The molecule has 1 aromatic rings. The molecule has 102 valence electrons. The first-order valence-corrected chi connectivity index (χ1v) is 6.26. The van der Waals surface area contributed by atoms with Crippen LogP contribution >= 0.6 is 0 Å². The molecule has 0 amide bonds. The number of hydrazone groups is 1. The number of nitrogens with one attached hydrogen (secondary N) is 1. The fraction of sp³-hybridized carbons (Fsp3) is 0.636. The second-order valence-corrected chi connectivity index (χ2v) is 3.84.